The Morgan fingerprint density at radius 2 is 2.11 bits per heavy atom. The maximum absolute atomic E-state index is 11.6. The number of aliphatic hydroxyl groups excluding tert-OH is 1. The maximum Gasteiger partial charge on any atom is 0.270 e. The maximum atomic E-state index is 11.6. The number of hydrogen-bond donors (Lipinski definition) is 3. The van der Waals surface area contributed by atoms with Crippen LogP contribution in [-0.2, 0) is 0 Å². The smallest absolute Gasteiger partial charge is 0.270 e. The van der Waals surface area contributed by atoms with Crippen molar-refractivity contribution in [1.29, 1.82) is 0 Å². The van der Waals surface area contributed by atoms with Crippen LogP contribution in [0.1, 0.15) is 16.1 Å². The van der Waals surface area contributed by atoms with Crippen molar-refractivity contribution < 1.29 is 9.90 Å². The molecule has 1 heterocycles. The molecule has 0 saturated heterocycles. The summed E-state index contributed by atoms with van der Waals surface area (Å²) in [6.07, 6.45) is 0. The number of amides is 1. The van der Waals surface area contributed by atoms with E-state index < -0.39 is 0 Å². The minimum absolute atomic E-state index is 0.0790. The molecule has 2 aromatic rings. The molecule has 1 aromatic heterocycles. The minimum atomic E-state index is -0.276. The third-order valence-corrected chi connectivity index (χ3v) is 3.19. The lowest BCUT2D eigenvalue weighted by atomic mass is 10.2. The number of nitrogens with one attached hydrogen (secondary N) is 2. The monoisotopic (exact) mass is 277 g/mol. The quantitative estimate of drug-likeness (QED) is 0.780. The minimum Gasteiger partial charge on any atom is -0.395 e. The lowest BCUT2D eigenvalue weighted by Crippen LogP contribution is -2.26. The summed E-state index contributed by atoms with van der Waals surface area (Å²) in [4.78, 5) is 15.8. The predicted molar refractivity (Wildman–Crippen MR) is 76.0 cm³/mol. The molecule has 0 spiro atoms. The van der Waals surface area contributed by atoms with Crippen LogP contribution in [0.5, 0.6) is 0 Å². The fourth-order valence-electron chi connectivity index (χ4n) is 1.46. The van der Waals surface area contributed by atoms with Crippen LogP contribution in [0.25, 0.3) is 0 Å². The van der Waals surface area contributed by atoms with Crippen LogP contribution < -0.4 is 10.6 Å². The molecule has 0 fully saturated rings. The molecule has 0 aliphatic rings. The second-order valence-corrected chi connectivity index (χ2v) is 4.87. The molecule has 0 aliphatic carbocycles. The van der Waals surface area contributed by atoms with E-state index in [0.717, 1.165) is 5.69 Å². The summed E-state index contributed by atoms with van der Waals surface area (Å²) in [6, 6.07) is 7.93. The van der Waals surface area contributed by atoms with Gasteiger partial charge >= 0.3 is 0 Å². The molecule has 0 bridgehead atoms. The van der Waals surface area contributed by atoms with Crippen molar-refractivity contribution in [1.82, 2.24) is 10.3 Å². The number of benzene rings is 1. The molecular formula is C13H15N3O2S. The molecule has 1 aromatic carbocycles. The fourth-order valence-corrected chi connectivity index (χ4v) is 2.17. The highest BCUT2D eigenvalue weighted by Crippen LogP contribution is 2.21. The first-order valence-corrected chi connectivity index (χ1v) is 6.75. The van der Waals surface area contributed by atoms with Gasteiger partial charge in [0.1, 0.15) is 5.69 Å². The first-order valence-electron chi connectivity index (χ1n) is 5.87. The zero-order chi connectivity index (χ0) is 13.7. The molecule has 0 aliphatic heterocycles. The number of anilines is 2. The van der Waals surface area contributed by atoms with Crippen molar-refractivity contribution in [3.63, 3.8) is 0 Å². The van der Waals surface area contributed by atoms with Gasteiger partial charge in [0.25, 0.3) is 5.91 Å². The van der Waals surface area contributed by atoms with Gasteiger partial charge in [-0.25, -0.2) is 4.98 Å². The van der Waals surface area contributed by atoms with Crippen LogP contribution in [-0.4, -0.2) is 29.1 Å². The number of aliphatic hydroxyl groups is 1. The van der Waals surface area contributed by atoms with Crippen LogP contribution in [0.4, 0.5) is 10.8 Å². The molecule has 6 heteroatoms. The Morgan fingerprint density at radius 1 is 1.37 bits per heavy atom. The summed E-state index contributed by atoms with van der Waals surface area (Å²) in [7, 11) is 0. The summed E-state index contributed by atoms with van der Waals surface area (Å²) < 4.78 is 0. The van der Waals surface area contributed by atoms with Crippen LogP contribution >= 0.6 is 11.3 Å². The molecule has 0 atom stereocenters. The molecular weight excluding hydrogens is 262 g/mol. The molecule has 2 rings (SSSR count). The van der Waals surface area contributed by atoms with Crippen molar-refractivity contribution in [2.45, 2.75) is 6.92 Å². The average Bonchev–Trinajstić information content (AvgIpc) is 2.87. The summed E-state index contributed by atoms with van der Waals surface area (Å²) in [5, 5.41) is 16.7. The highest BCUT2D eigenvalue weighted by molar-refractivity contribution is 7.14. The number of aromatic nitrogens is 1. The predicted octanol–water partition coefficient (Wildman–Crippen LogP) is 1.92. The fraction of sp³-hybridized carbons (Fsp3) is 0.231. The Morgan fingerprint density at radius 3 is 2.79 bits per heavy atom. The summed E-state index contributed by atoms with van der Waals surface area (Å²) in [5.74, 6) is -0.276. The first-order chi connectivity index (χ1) is 9.19. The van der Waals surface area contributed by atoms with Gasteiger partial charge in [0, 0.05) is 17.6 Å². The van der Waals surface area contributed by atoms with E-state index in [1.807, 2.05) is 31.2 Å². The highest BCUT2D eigenvalue weighted by atomic mass is 32.1. The van der Waals surface area contributed by atoms with Gasteiger partial charge in [-0.05, 0) is 19.1 Å². The van der Waals surface area contributed by atoms with E-state index >= 15 is 0 Å². The van der Waals surface area contributed by atoms with E-state index in [1.165, 1.54) is 16.9 Å². The number of nitrogens with zero attached hydrogens (tertiary/aromatic N) is 1. The highest BCUT2D eigenvalue weighted by Gasteiger charge is 2.09. The standard InChI is InChI=1S/C13H15N3O2S/c1-9-2-4-10(5-3-9)15-13-16-11(8-19-13)12(18)14-6-7-17/h2-5,8,17H,6-7H2,1H3,(H,14,18)(H,15,16). The van der Waals surface area contributed by atoms with Crippen LogP contribution in [0, 0.1) is 6.92 Å². The number of carbonyl (C=O) groups is 1. The van der Waals surface area contributed by atoms with Crippen LogP contribution in [0.15, 0.2) is 29.6 Å². The molecule has 19 heavy (non-hydrogen) atoms. The first kappa shape index (κ1) is 13.5. The number of thiazole rings is 1. The van der Waals surface area contributed by atoms with Crippen molar-refractivity contribution in [2.75, 3.05) is 18.5 Å². The van der Waals surface area contributed by atoms with E-state index in [-0.39, 0.29) is 19.1 Å². The van der Waals surface area contributed by atoms with Gasteiger partial charge in [0.05, 0.1) is 6.61 Å². The number of carbonyl (C=O) groups excluding carboxylic acids is 1. The topological polar surface area (TPSA) is 74.2 Å². The summed E-state index contributed by atoms with van der Waals surface area (Å²) >= 11 is 1.36. The Bertz CT molecular complexity index is 551. The lowest BCUT2D eigenvalue weighted by molar-refractivity contribution is 0.0940. The van der Waals surface area contributed by atoms with Gasteiger partial charge < -0.3 is 15.7 Å². The Kier molecular flexibility index (Phi) is 4.48. The largest absolute Gasteiger partial charge is 0.395 e. The summed E-state index contributed by atoms with van der Waals surface area (Å²) in [5.41, 5.74) is 2.48. The van der Waals surface area contributed by atoms with E-state index in [2.05, 4.69) is 15.6 Å². The van der Waals surface area contributed by atoms with Crippen molar-refractivity contribution in [3.8, 4) is 0 Å². The molecule has 100 valence electrons. The zero-order valence-electron chi connectivity index (χ0n) is 10.5. The molecule has 3 N–H and O–H groups in total. The summed E-state index contributed by atoms with van der Waals surface area (Å²) in [6.45, 7) is 2.18. The van der Waals surface area contributed by atoms with Gasteiger partial charge in [-0.2, -0.15) is 0 Å². The SMILES string of the molecule is Cc1ccc(Nc2nc(C(=O)NCCO)cs2)cc1. The van der Waals surface area contributed by atoms with Crippen LogP contribution in [0.2, 0.25) is 0 Å². The third-order valence-electron chi connectivity index (χ3n) is 2.44. The molecule has 1 amide bonds. The Labute approximate surface area is 115 Å². The van der Waals surface area contributed by atoms with Crippen molar-refractivity contribution >= 4 is 28.1 Å². The van der Waals surface area contributed by atoms with Crippen molar-refractivity contribution in [2.24, 2.45) is 0 Å². The molecule has 0 unspecified atom stereocenters. The molecule has 0 radical (unpaired) electrons. The zero-order valence-corrected chi connectivity index (χ0v) is 11.3. The van der Waals surface area contributed by atoms with E-state index in [0.29, 0.717) is 10.8 Å². The van der Waals surface area contributed by atoms with Gasteiger partial charge in [0.2, 0.25) is 0 Å². The Balaban J connectivity index is 2.01. The number of rotatable bonds is 5. The van der Waals surface area contributed by atoms with Gasteiger partial charge in [0.15, 0.2) is 5.13 Å². The second-order valence-electron chi connectivity index (χ2n) is 4.01. The lowest BCUT2D eigenvalue weighted by Gasteiger charge is -2.02. The van der Waals surface area contributed by atoms with Gasteiger partial charge in [-0.1, -0.05) is 17.7 Å². The number of hydrogen-bond acceptors (Lipinski definition) is 5. The third kappa shape index (κ3) is 3.77. The van der Waals surface area contributed by atoms with Crippen molar-refractivity contribution in [3.05, 3.63) is 40.9 Å². The van der Waals surface area contributed by atoms with Crippen LogP contribution in [0.3, 0.4) is 0 Å². The normalized spacial score (nSPS) is 10.2. The number of aryl methyl sites for hydroxylation is 1. The molecule has 5 nitrogen and oxygen atoms in total. The second kappa shape index (κ2) is 6.31. The van der Waals surface area contributed by atoms with E-state index in [4.69, 9.17) is 5.11 Å². The van der Waals surface area contributed by atoms with E-state index in [9.17, 15) is 4.79 Å². The van der Waals surface area contributed by atoms with Gasteiger partial charge in [-0.15, -0.1) is 11.3 Å². The van der Waals surface area contributed by atoms with Gasteiger partial charge in [-0.3, -0.25) is 4.79 Å². The average molecular weight is 277 g/mol. The van der Waals surface area contributed by atoms with E-state index in [1.54, 1.807) is 5.38 Å². The molecule has 0 saturated carbocycles. The Hall–Kier alpha value is -1.92.